The minimum Gasteiger partial charge on any atom is -0.394 e. The van der Waals surface area contributed by atoms with E-state index in [9.17, 15) is 28.7 Å². The standard InChI is InChI=1S/C21H22FN5O6/c1-12-10-26(18-5-3-15(11-28)33-18)21(32)27(20(12)31)25-17(29)6-7-24-19(30)13-2-4-16(22)14(8-13)9-23/h2,4,8,10,15,18,28H,3,5-7,11H2,1H3,(H,24,30)(H,25,29)/t15-,18+/m0/s1. The van der Waals surface area contributed by atoms with Crippen LogP contribution in [-0.4, -0.2) is 45.4 Å². The lowest BCUT2D eigenvalue weighted by atomic mass is 10.1. The fourth-order valence-electron chi connectivity index (χ4n) is 3.35. The van der Waals surface area contributed by atoms with Crippen molar-refractivity contribution in [1.82, 2.24) is 14.6 Å². The van der Waals surface area contributed by atoms with Crippen LogP contribution in [0.25, 0.3) is 0 Å². The summed E-state index contributed by atoms with van der Waals surface area (Å²) in [7, 11) is 0. The predicted octanol–water partition coefficient (Wildman–Crippen LogP) is -0.111. The van der Waals surface area contributed by atoms with Crippen LogP contribution in [0.1, 0.15) is 47.0 Å². The average molecular weight is 459 g/mol. The van der Waals surface area contributed by atoms with Crippen LogP contribution in [0.15, 0.2) is 34.0 Å². The topological polar surface area (TPSA) is 155 Å². The number of nitriles is 1. The summed E-state index contributed by atoms with van der Waals surface area (Å²) in [6.07, 6.45) is 0.999. The zero-order valence-corrected chi connectivity index (χ0v) is 17.7. The van der Waals surface area contributed by atoms with Gasteiger partial charge in [-0.15, -0.1) is 0 Å². The van der Waals surface area contributed by atoms with Crippen LogP contribution < -0.4 is 22.0 Å². The molecule has 2 heterocycles. The third kappa shape index (κ3) is 5.33. The lowest BCUT2D eigenvalue weighted by Gasteiger charge is -2.18. The molecular formula is C21H22FN5O6. The van der Waals surface area contributed by atoms with Gasteiger partial charge in [0.05, 0.1) is 18.3 Å². The first-order chi connectivity index (χ1) is 15.7. The Labute approximate surface area is 187 Å². The van der Waals surface area contributed by atoms with Crippen molar-refractivity contribution < 1.29 is 23.8 Å². The van der Waals surface area contributed by atoms with Gasteiger partial charge >= 0.3 is 5.69 Å². The summed E-state index contributed by atoms with van der Waals surface area (Å²) in [5.74, 6) is -2.08. The van der Waals surface area contributed by atoms with E-state index in [1.54, 1.807) is 6.07 Å². The van der Waals surface area contributed by atoms with Crippen molar-refractivity contribution in [2.24, 2.45) is 0 Å². The number of aliphatic hydroxyl groups excluding tert-OH is 1. The first-order valence-corrected chi connectivity index (χ1v) is 10.1. The number of hydrogen-bond donors (Lipinski definition) is 3. The molecule has 0 bridgehead atoms. The second-order valence-corrected chi connectivity index (χ2v) is 7.46. The Bertz CT molecular complexity index is 1230. The molecule has 1 aliphatic rings. The number of aliphatic hydroxyl groups is 1. The lowest BCUT2D eigenvalue weighted by molar-refractivity contribution is -0.117. The number of carbonyl (C=O) groups excluding carboxylic acids is 2. The van der Waals surface area contributed by atoms with Gasteiger partial charge < -0.3 is 15.2 Å². The van der Waals surface area contributed by atoms with Crippen LogP contribution in [0.4, 0.5) is 4.39 Å². The zero-order chi connectivity index (χ0) is 24.1. The second kappa shape index (κ2) is 10.2. The van der Waals surface area contributed by atoms with Crippen LogP contribution >= 0.6 is 0 Å². The molecule has 12 heteroatoms. The number of nitrogens with one attached hydrogen (secondary N) is 2. The van der Waals surface area contributed by atoms with Gasteiger partial charge in [0, 0.05) is 30.3 Å². The summed E-state index contributed by atoms with van der Waals surface area (Å²) >= 11 is 0. The number of nitrogens with zero attached hydrogens (tertiary/aromatic N) is 3. The number of amides is 2. The summed E-state index contributed by atoms with van der Waals surface area (Å²) in [4.78, 5) is 49.6. The molecule has 1 aromatic heterocycles. The second-order valence-electron chi connectivity index (χ2n) is 7.46. The van der Waals surface area contributed by atoms with E-state index in [1.807, 2.05) is 0 Å². The number of aromatic nitrogens is 2. The summed E-state index contributed by atoms with van der Waals surface area (Å²) in [6, 6.07) is 4.92. The molecule has 0 radical (unpaired) electrons. The molecule has 1 saturated heterocycles. The predicted molar refractivity (Wildman–Crippen MR) is 112 cm³/mol. The minimum absolute atomic E-state index is 0.0453. The Morgan fingerprint density at radius 2 is 2.09 bits per heavy atom. The van der Waals surface area contributed by atoms with E-state index in [4.69, 9.17) is 10.00 Å². The van der Waals surface area contributed by atoms with Crippen molar-refractivity contribution in [3.63, 3.8) is 0 Å². The smallest absolute Gasteiger partial charge is 0.352 e. The van der Waals surface area contributed by atoms with Gasteiger partial charge in [-0.25, -0.2) is 9.18 Å². The third-order valence-electron chi connectivity index (χ3n) is 5.11. The van der Waals surface area contributed by atoms with Crippen LogP contribution in [-0.2, 0) is 9.53 Å². The maximum Gasteiger partial charge on any atom is 0.352 e. The summed E-state index contributed by atoms with van der Waals surface area (Å²) in [5, 5.41) is 20.5. The third-order valence-corrected chi connectivity index (χ3v) is 5.11. The fraction of sp³-hybridized carbons (Fsp3) is 0.381. The molecule has 33 heavy (non-hydrogen) atoms. The maximum absolute atomic E-state index is 13.4. The number of carbonyl (C=O) groups is 2. The van der Waals surface area contributed by atoms with Gasteiger partial charge in [0.25, 0.3) is 11.5 Å². The highest BCUT2D eigenvalue weighted by atomic mass is 19.1. The van der Waals surface area contributed by atoms with Crippen LogP contribution in [0.2, 0.25) is 0 Å². The molecule has 3 N–H and O–H groups in total. The molecule has 11 nitrogen and oxygen atoms in total. The highest BCUT2D eigenvalue weighted by Crippen LogP contribution is 2.26. The molecule has 3 rings (SSSR count). The van der Waals surface area contributed by atoms with Crippen LogP contribution in [0.3, 0.4) is 0 Å². The average Bonchev–Trinajstić information content (AvgIpc) is 3.28. The summed E-state index contributed by atoms with van der Waals surface area (Å²) in [6.45, 7) is 1.16. The van der Waals surface area contributed by atoms with E-state index in [0.29, 0.717) is 17.5 Å². The number of benzene rings is 1. The Balaban J connectivity index is 1.64. The molecule has 1 fully saturated rings. The molecule has 1 aliphatic heterocycles. The molecule has 0 spiro atoms. The monoisotopic (exact) mass is 459 g/mol. The van der Waals surface area contributed by atoms with E-state index < -0.39 is 41.2 Å². The molecule has 174 valence electrons. The highest BCUT2D eigenvalue weighted by Gasteiger charge is 2.28. The largest absolute Gasteiger partial charge is 0.394 e. The molecule has 0 aliphatic carbocycles. The van der Waals surface area contributed by atoms with Crippen molar-refractivity contribution in [2.45, 2.75) is 38.5 Å². The van der Waals surface area contributed by atoms with Gasteiger partial charge in [-0.3, -0.25) is 24.4 Å². The van der Waals surface area contributed by atoms with Crippen LogP contribution in [0.5, 0.6) is 0 Å². The van der Waals surface area contributed by atoms with Crippen molar-refractivity contribution >= 4 is 11.8 Å². The van der Waals surface area contributed by atoms with E-state index in [1.165, 1.54) is 23.8 Å². The Kier molecular flexibility index (Phi) is 7.37. The van der Waals surface area contributed by atoms with E-state index in [-0.39, 0.29) is 36.3 Å². The highest BCUT2D eigenvalue weighted by molar-refractivity contribution is 5.95. The number of halogens is 1. The van der Waals surface area contributed by atoms with Gasteiger partial charge in [0.2, 0.25) is 5.91 Å². The molecule has 0 saturated carbocycles. The Morgan fingerprint density at radius 1 is 1.33 bits per heavy atom. The molecule has 1 aromatic carbocycles. The van der Waals surface area contributed by atoms with E-state index >= 15 is 0 Å². The van der Waals surface area contributed by atoms with Crippen molar-refractivity contribution in [3.8, 4) is 6.07 Å². The Morgan fingerprint density at radius 3 is 2.76 bits per heavy atom. The van der Waals surface area contributed by atoms with Gasteiger partial charge in [-0.2, -0.15) is 9.94 Å². The van der Waals surface area contributed by atoms with Crippen molar-refractivity contribution in [2.75, 3.05) is 18.6 Å². The fourth-order valence-corrected chi connectivity index (χ4v) is 3.35. The molecule has 2 atom stereocenters. The van der Waals surface area contributed by atoms with Gasteiger partial charge in [0.15, 0.2) is 0 Å². The lowest BCUT2D eigenvalue weighted by Crippen LogP contribution is -2.48. The SMILES string of the molecule is Cc1cn([C@H]2CC[C@@H](CO)O2)c(=O)n(NC(=O)CCNC(=O)c2ccc(F)c(C#N)c2)c1=O. The molecular weight excluding hydrogens is 437 g/mol. The summed E-state index contributed by atoms with van der Waals surface area (Å²) in [5.41, 5.74) is 0.677. The first-order valence-electron chi connectivity index (χ1n) is 10.1. The maximum atomic E-state index is 13.4. The van der Waals surface area contributed by atoms with Gasteiger partial charge in [0.1, 0.15) is 18.1 Å². The normalized spacial score (nSPS) is 17.4. The van der Waals surface area contributed by atoms with Crippen LogP contribution in [0, 0.1) is 24.1 Å². The zero-order valence-electron chi connectivity index (χ0n) is 17.7. The molecule has 2 amide bonds. The van der Waals surface area contributed by atoms with Gasteiger partial charge in [-0.1, -0.05) is 0 Å². The number of aryl methyl sites for hydroxylation is 1. The molecule has 0 unspecified atom stereocenters. The number of rotatable bonds is 7. The van der Waals surface area contributed by atoms with Crippen molar-refractivity contribution in [1.29, 1.82) is 5.26 Å². The first kappa shape index (κ1) is 23.8. The number of ether oxygens (including phenoxy) is 1. The Hall–Kier alpha value is -3.82. The minimum atomic E-state index is -0.804. The van der Waals surface area contributed by atoms with Crippen molar-refractivity contribution in [3.05, 3.63) is 67.7 Å². The molecule has 2 aromatic rings. The van der Waals surface area contributed by atoms with E-state index in [2.05, 4.69) is 10.7 Å². The van der Waals surface area contributed by atoms with E-state index in [0.717, 1.165) is 12.1 Å². The summed E-state index contributed by atoms with van der Waals surface area (Å²) < 4.78 is 20.7. The quantitative estimate of drug-likeness (QED) is 0.522. The number of hydrogen-bond acceptors (Lipinski definition) is 7. The van der Waals surface area contributed by atoms with Gasteiger partial charge in [-0.05, 0) is 38.0 Å².